The van der Waals surface area contributed by atoms with E-state index in [9.17, 15) is 18.0 Å². The van der Waals surface area contributed by atoms with Crippen molar-refractivity contribution in [2.45, 2.75) is 45.0 Å². The highest BCUT2D eigenvalue weighted by Gasteiger charge is 2.34. The molecule has 1 aromatic carbocycles. The first kappa shape index (κ1) is 21.8. The summed E-state index contributed by atoms with van der Waals surface area (Å²) >= 11 is 0. The Kier molecular flexibility index (Phi) is 6.79. The SMILES string of the molecule is CCNC(=NCC(=O)N(C)CC(F)(F)F)NC1CC(C)(C)Oc2ccccc21. The van der Waals surface area contributed by atoms with Gasteiger partial charge in [0.25, 0.3) is 0 Å². The first-order valence-corrected chi connectivity index (χ1v) is 9.14. The van der Waals surface area contributed by atoms with Gasteiger partial charge >= 0.3 is 6.18 Å². The second-order valence-electron chi connectivity index (χ2n) is 7.36. The Labute approximate surface area is 163 Å². The zero-order valence-electron chi connectivity index (χ0n) is 16.6. The van der Waals surface area contributed by atoms with Crippen LogP contribution in [0.3, 0.4) is 0 Å². The van der Waals surface area contributed by atoms with Crippen LogP contribution in [0.2, 0.25) is 0 Å². The lowest BCUT2D eigenvalue weighted by Crippen LogP contribution is -2.46. The van der Waals surface area contributed by atoms with Crippen LogP contribution in [0.4, 0.5) is 13.2 Å². The summed E-state index contributed by atoms with van der Waals surface area (Å²) in [7, 11) is 1.11. The molecule has 1 atom stereocenters. The molecule has 0 bridgehead atoms. The molecule has 2 N–H and O–H groups in total. The minimum Gasteiger partial charge on any atom is -0.487 e. The van der Waals surface area contributed by atoms with E-state index in [0.717, 1.165) is 18.4 Å². The fourth-order valence-electron chi connectivity index (χ4n) is 3.04. The number of guanidine groups is 1. The molecule has 1 aliphatic heterocycles. The van der Waals surface area contributed by atoms with Gasteiger partial charge in [0.15, 0.2) is 5.96 Å². The van der Waals surface area contributed by atoms with E-state index in [1.165, 1.54) is 0 Å². The molecule has 1 heterocycles. The molecule has 9 heteroatoms. The number of hydrogen-bond donors (Lipinski definition) is 2. The highest BCUT2D eigenvalue weighted by molar-refractivity contribution is 5.85. The molecule has 1 aliphatic rings. The summed E-state index contributed by atoms with van der Waals surface area (Å²) in [5.41, 5.74) is 0.569. The molecule has 0 spiro atoms. The first-order chi connectivity index (χ1) is 13.0. The molecule has 0 radical (unpaired) electrons. The average molecular weight is 400 g/mol. The fourth-order valence-corrected chi connectivity index (χ4v) is 3.04. The lowest BCUT2D eigenvalue weighted by molar-refractivity contribution is -0.157. The summed E-state index contributed by atoms with van der Waals surface area (Å²) in [6, 6.07) is 7.54. The zero-order valence-corrected chi connectivity index (χ0v) is 16.6. The Hall–Kier alpha value is -2.45. The van der Waals surface area contributed by atoms with Crippen LogP contribution in [0.1, 0.15) is 38.8 Å². The lowest BCUT2D eigenvalue weighted by atomic mass is 9.90. The Balaban J connectivity index is 2.12. The molecular weight excluding hydrogens is 373 g/mol. The van der Waals surface area contributed by atoms with Crippen LogP contribution in [0.5, 0.6) is 5.75 Å². The van der Waals surface area contributed by atoms with E-state index in [1.54, 1.807) is 0 Å². The van der Waals surface area contributed by atoms with Gasteiger partial charge in [0.05, 0.1) is 6.04 Å². The number of likely N-dealkylation sites (N-methyl/N-ethyl adjacent to an activating group) is 1. The van der Waals surface area contributed by atoms with Crippen molar-refractivity contribution < 1.29 is 22.7 Å². The van der Waals surface area contributed by atoms with Crippen LogP contribution >= 0.6 is 0 Å². The predicted octanol–water partition coefficient (Wildman–Crippen LogP) is 2.86. The van der Waals surface area contributed by atoms with Gasteiger partial charge in [-0.25, -0.2) is 4.99 Å². The number of para-hydroxylation sites is 1. The van der Waals surface area contributed by atoms with Crippen LogP contribution in [0.25, 0.3) is 0 Å². The number of halogens is 3. The topological polar surface area (TPSA) is 66.0 Å². The molecule has 1 unspecified atom stereocenters. The molecule has 1 amide bonds. The number of carbonyl (C=O) groups excluding carboxylic acids is 1. The summed E-state index contributed by atoms with van der Waals surface area (Å²) in [4.78, 5) is 16.8. The molecule has 2 rings (SSSR count). The van der Waals surface area contributed by atoms with Gasteiger partial charge in [0.2, 0.25) is 5.91 Å². The minimum absolute atomic E-state index is 0.110. The van der Waals surface area contributed by atoms with Crippen LogP contribution in [-0.2, 0) is 4.79 Å². The second-order valence-corrected chi connectivity index (χ2v) is 7.36. The maximum absolute atomic E-state index is 12.4. The Morgan fingerprint density at radius 1 is 1.36 bits per heavy atom. The molecule has 6 nitrogen and oxygen atoms in total. The van der Waals surface area contributed by atoms with Crippen LogP contribution in [0, 0.1) is 0 Å². The number of ether oxygens (including phenoxy) is 1. The van der Waals surface area contributed by atoms with Gasteiger partial charge in [-0.2, -0.15) is 13.2 Å². The summed E-state index contributed by atoms with van der Waals surface area (Å²) in [6.45, 7) is 4.71. The Morgan fingerprint density at radius 3 is 2.68 bits per heavy atom. The molecule has 28 heavy (non-hydrogen) atoms. The monoisotopic (exact) mass is 400 g/mol. The van der Waals surface area contributed by atoms with Gasteiger partial charge < -0.3 is 20.3 Å². The maximum atomic E-state index is 12.4. The largest absolute Gasteiger partial charge is 0.487 e. The van der Waals surface area contributed by atoms with Crippen molar-refractivity contribution in [2.24, 2.45) is 4.99 Å². The third-order valence-electron chi connectivity index (χ3n) is 4.25. The van der Waals surface area contributed by atoms with Crippen LogP contribution < -0.4 is 15.4 Å². The van der Waals surface area contributed by atoms with E-state index in [1.807, 2.05) is 45.0 Å². The van der Waals surface area contributed by atoms with Gasteiger partial charge in [0, 0.05) is 25.6 Å². The number of rotatable bonds is 5. The van der Waals surface area contributed by atoms with E-state index in [4.69, 9.17) is 4.74 Å². The van der Waals surface area contributed by atoms with Gasteiger partial charge in [0.1, 0.15) is 24.4 Å². The number of amides is 1. The molecule has 0 saturated heterocycles. The number of carbonyl (C=O) groups is 1. The number of fused-ring (bicyclic) bond motifs is 1. The van der Waals surface area contributed by atoms with Crippen molar-refractivity contribution in [1.82, 2.24) is 15.5 Å². The summed E-state index contributed by atoms with van der Waals surface area (Å²) in [6.07, 6.45) is -3.77. The molecule has 1 aromatic rings. The molecule has 0 saturated carbocycles. The van der Waals surface area contributed by atoms with Gasteiger partial charge in [-0.3, -0.25) is 4.79 Å². The molecule has 0 aromatic heterocycles. The standard InChI is InChI=1S/C19H27F3N4O2/c1-5-23-17(24-11-16(27)26(4)12-19(20,21)22)25-14-10-18(2,3)28-15-9-7-6-8-13(14)15/h6-9,14H,5,10-12H2,1-4H3,(H2,23,24,25). The van der Waals surface area contributed by atoms with Gasteiger partial charge in [-0.05, 0) is 26.8 Å². The Morgan fingerprint density at radius 2 is 2.04 bits per heavy atom. The second kappa shape index (κ2) is 8.70. The van der Waals surface area contributed by atoms with E-state index in [0.29, 0.717) is 23.8 Å². The molecule has 0 fully saturated rings. The predicted molar refractivity (Wildman–Crippen MR) is 101 cm³/mol. The summed E-state index contributed by atoms with van der Waals surface area (Å²) < 4.78 is 43.3. The highest BCUT2D eigenvalue weighted by Crippen LogP contribution is 2.39. The van der Waals surface area contributed by atoms with Crippen LogP contribution in [-0.4, -0.2) is 55.2 Å². The number of alkyl halides is 3. The molecular formula is C19H27F3N4O2. The van der Waals surface area contributed by atoms with Gasteiger partial charge in [-0.1, -0.05) is 18.2 Å². The normalized spacial score (nSPS) is 18.7. The number of benzene rings is 1. The first-order valence-electron chi connectivity index (χ1n) is 9.14. The minimum atomic E-state index is -4.44. The molecule has 156 valence electrons. The van der Waals surface area contributed by atoms with Crippen molar-refractivity contribution in [3.05, 3.63) is 29.8 Å². The maximum Gasteiger partial charge on any atom is 0.406 e. The number of aliphatic imine (C=N–C) groups is 1. The summed E-state index contributed by atoms with van der Waals surface area (Å²) in [5.74, 6) is 0.434. The molecule has 0 aliphatic carbocycles. The van der Waals surface area contributed by atoms with E-state index >= 15 is 0 Å². The van der Waals surface area contributed by atoms with Crippen molar-refractivity contribution >= 4 is 11.9 Å². The summed E-state index contributed by atoms with van der Waals surface area (Å²) in [5, 5.41) is 6.31. The third-order valence-corrected chi connectivity index (χ3v) is 4.25. The number of nitrogens with zero attached hydrogens (tertiary/aromatic N) is 2. The van der Waals surface area contributed by atoms with Crippen molar-refractivity contribution in [2.75, 3.05) is 26.7 Å². The van der Waals surface area contributed by atoms with E-state index < -0.39 is 24.2 Å². The number of nitrogens with one attached hydrogen (secondary N) is 2. The van der Waals surface area contributed by atoms with Crippen molar-refractivity contribution in [3.63, 3.8) is 0 Å². The van der Waals surface area contributed by atoms with Gasteiger partial charge in [-0.15, -0.1) is 0 Å². The Bertz CT molecular complexity index is 719. The lowest BCUT2D eigenvalue weighted by Gasteiger charge is -2.38. The number of hydrogen-bond acceptors (Lipinski definition) is 3. The van der Waals surface area contributed by atoms with E-state index in [2.05, 4.69) is 15.6 Å². The van der Waals surface area contributed by atoms with E-state index in [-0.39, 0.29) is 12.6 Å². The average Bonchev–Trinajstić information content (AvgIpc) is 2.57. The quantitative estimate of drug-likeness (QED) is 0.589. The van der Waals surface area contributed by atoms with Crippen LogP contribution in [0.15, 0.2) is 29.3 Å². The van der Waals surface area contributed by atoms with Crippen molar-refractivity contribution in [3.8, 4) is 5.75 Å². The fraction of sp³-hybridized carbons (Fsp3) is 0.579. The highest BCUT2D eigenvalue weighted by atomic mass is 19.4. The van der Waals surface area contributed by atoms with Crippen molar-refractivity contribution in [1.29, 1.82) is 0 Å². The smallest absolute Gasteiger partial charge is 0.406 e. The third kappa shape index (κ3) is 6.31. The zero-order chi connectivity index (χ0) is 20.9.